The van der Waals surface area contributed by atoms with Crippen molar-refractivity contribution in [3.05, 3.63) is 42.0 Å². The predicted molar refractivity (Wildman–Crippen MR) is 79.1 cm³/mol. The van der Waals surface area contributed by atoms with Gasteiger partial charge in [0.2, 0.25) is 0 Å². The van der Waals surface area contributed by atoms with Gasteiger partial charge in [-0.1, -0.05) is 12.1 Å². The number of ether oxygens (including phenoxy) is 4. The van der Waals surface area contributed by atoms with Crippen LogP contribution in [0.15, 0.2) is 36.4 Å². The lowest BCUT2D eigenvalue weighted by Crippen LogP contribution is -2.15. The summed E-state index contributed by atoms with van der Waals surface area (Å²) < 4.78 is 22.0. The first-order valence-corrected chi connectivity index (χ1v) is 6.71. The highest BCUT2D eigenvalue weighted by Crippen LogP contribution is 2.39. The average molecular weight is 287 g/mol. The van der Waals surface area contributed by atoms with Crippen molar-refractivity contribution in [2.75, 3.05) is 26.1 Å². The molecule has 1 aliphatic heterocycles. The van der Waals surface area contributed by atoms with Crippen molar-refractivity contribution in [3.63, 3.8) is 0 Å². The van der Waals surface area contributed by atoms with Gasteiger partial charge in [-0.05, 0) is 17.7 Å². The number of hydrogen-bond donors (Lipinski definition) is 1. The Morgan fingerprint density at radius 1 is 1.10 bits per heavy atom. The van der Waals surface area contributed by atoms with Gasteiger partial charge in [-0.2, -0.15) is 0 Å². The molecule has 0 fully saturated rings. The summed E-state index contributed by atoms with van der Waals surface area (Å²) >= 11 is 0. The molecule has 2 aromatic rings. The van der Waals surface area contributed by atoms with Crippen molar-refractivity contribution in [1.29, 1.82) is 0 Å². The van der Waals surface area contributed by atoms with Crippen LogP contribution in [-0.4, -0.2) is 20.3 Å². The predicted octanol–water partition coefficient (Wildman–Crippen LogP) is 2.98. The molecule has 2 aromatic carbocycles. The molecular weight excluding hydrogens is 270 g/mol. The molecule has 0 saturated heterocycles. The number of rotatable bonds is 4. The largest absolute Gasteiger partial charge is 0.486 e. The third kappa shape index (κ3) is 3.03. The molecule has 2 N–H and O–H groups in total. The van der Waals surface area contributed by atoms with E-state index in [0.29, 0.717) is 48.5 Å². The molecule has 0 unspecified atom stereocenters. The second-order valence-electron chi connectivity index (χ2n) is 4.72. The number of nitrogens with two attached hydrogens (primary N) is 1. The van der Waals surface area contributed by atoms with Crippen molar-refractivity contribution in [2.45, 2.75) is 6.61 Å². The van der Waals surface area contributed by atoms with Gasteiger partial charge in [0.15, 0.2) is 17.2 Å². The number of fused-ring (bicyclic) bond motifs is 1. The topological polar surface area (TPSA) is 62.9 Å². The van der Waals surface area contributed by atoms with Crippen molar-refractivity contribution < 1.29 is 18.9 Å². The Bertz CT molecular complexity index is 642. The lowest BCUT2D eigenvalue weighted by molar-refractivity contribution is 0.171. The second-order valence-corrected chi connectivity index (χ2v) is 4.72. The fourth-order valence-electron chi connectivity index (χ4n) is 2.17. The Labute approximate surface area is 123 Å². The monoisotopic (exact) mass is 287 g/mol. The van der Waals surface area contributed by atoms with Crippen molar-refractivity contribution in [1.82, 2.24) is 0 Å². The molecule has 0 amide bonds. The summed E-state index contributed by atoms with van der Waals surface area (Å²) in [6.07, 6.45) is 0. The number of methoxy groups -OCH3 is 1. The Hall–Kier alpha value is -2.40. The van der Waals surface area contributed by atoms with Crippen LogP contribution < -0.4 is 19.9 Å². The number of benzene rings is 2. The van der Waals surface area contributed by atoms with Gasteiger partial charge in [0.1, 0.15) is 19.0 Å². The number of nitrogen functional groups attached to an aromatic ring is 1. The normalized spacial score (nSPS) is 13.0. The van der Waals surface area contributed by atoms with Gasteiger partial charge in [0, 0.05) is 19.2 Å². The van der Waals surface area contributed by atoms with Gasteiger partial charge in [0.25, 0.3) is 0 Å². The van der Waals surface area contributed by atoms with Crippen LogP contribution in [0.2, 0.25) is 0 Å². The summed E-state index contributed by atoms with van der Waals surface area (Å²) in [5.41, 5.74) is 7.55. The van der Waals surface area contributed by atoms with Crippen LogP contribution in [0, 0.1) is 0 Å². The Balaban J connectivity index is 1.85. The molecule has 1 aliphatic rings. The molecule has 0 radical (unpaired) electrons. The average Bonchev–Trinajstić information content (AvgIpc) is 2.49. The van der Waals surface area contributed by atoms with Crippen molar-refractivity contribution in [2.24, 2.45) is 0 Å². The van der Waals surface area contributed by atoms with E-state index in [1.165, 1.54) is 0 Å². The Morgan fingerprint density at radius 2 is 1.86 bits per heavy atom. The van der Waals surface area contributed by atoms with Crippen molar-refractivity contribution in [3.8, 4) is 23.0 Å². The molecule has 0 aromatic heterocycles. The molecule has 0 spiro atoms. The highest BCUT2D eigenvalue weighted by atomic mass is 16.6. The fraction of sp³-hybridized carbons (Fsp3) is 0.250. The van der Waals surface area contributed by atoms with Crippen LogP contribution in [0.25, 0.3) is 0 Å². The molecule has 0 bridgehead atoms. The minimum atomic E-state index is 0.511. The molecule has 21 heavy (non-hydrogen) atoms. The molecule has 5 heteroatoms. The zero-order valence-electron chi connectivity index (χ0n) is 11.8. The van der Waals surface area contributed by atoms with Crippen LogP contribution in [0.4, 0.5) is 5.69 Å². The van der Waals surface area contributed by atoms with E-state index in [1.807, 2.05) is 24.3 Å². The van der Waals surface area contributed by atoms with E-state index < -0.39 is 0 Å². The van der Waals surface area contributed by atoms with Crippen LogP contribution >= 0.6 is 0 Å². The maximum absolute atomic E-state index is 6.00. The standard InChI is InChI=1S/C16H17NO4/c1-18-10-11-3-2-4-12(7-11)21-14-9-16-15(8-13(14)17)19-5-6-20-16/h2-4,7-9H,5-6,10,17H2,1H3. The highest BCUT2D eigenvalue weighted by Gasteiger charge is 2.15. The summed E-state index contributed by atoms with van der Waals surface area (Å²) in [4.78, 5) is 0. The summed E-state index contributed by atoms with van der Waals surface area (Å²) in [5.74, 6) is 2.56. The van der Waals surface area contributed by atoms with Gasteiger partial charge >= 0.3 is 0 Å². The van der Waals surface area contributed by atoms with Crippen molar-refractivity contribution >= 4 is 5.69 Å². The highest BCUT2D eigenvalue weighted by molar-refractivity contribution is 5.63. The minimum absolute atomic E-state index is 0.511. The lowest BCUT2D eigenvalue weighted by atomic mass is 10.2. The van der Waals surface area contributed by atoms with E-state index in [1.54, 1.807) is 19.2 Å². The van der Waals surface area contributed by atoms with Crippen LogP contribution in [0.1, 0.15) is 5.56 Å². The summed E-state index contributed by atoms with van der Waals surface area (Å²) in [6.45, 7) is 1.60. The summed E-state index contributed by atoms with van der Waals surface area (Å²) in [6, 6.07) is 11.2. The second kappa shape index (κ2) is 5.93. The SMILES string of the molecule is COCc1cccc(Oc2cc3c(cc2N)OCCO3)c1. The molecule has 0 atom stereocenters. The molecule has 0 aliphatic carbocycles. The van der Waals surface area contributed by atoms with E-state index in [0.717, 1.165) is 5.56 Å². The molecule has 0 saturated carbocycles. The van der Waals surface area contributed by atoms with E-state index in [4.69, 9.17) is 24.7 Å². The zero-order valence-corrected chi connectivity index (χ0v) is 11.8. The van der Waals surface area contributed by atoms with E-state index in [9.17, 15) is 0 Å². The fourth-order valence-corrected chi connectivity index (χ4v) is 2.17. The smallest absolute Gasteiger partial charge is 0.165 e. The number of anilines is 1. The van der Waals surface area contributed by atoms with Crippen LogP contribution in [0.5, 0.6) is 23.0 Å². The summed E-state index contributed by atoms with van der Waals surface area (Å²) in [7, 11) is 1.66. The van der Waals surface area contributed by atoms with Crippen LogP contribution in [0.3, 0.4) is 0 Å². The molecule has 3 rings (SSSR count). The van der Waals surface area contributed by atoms with Crippen LogP contribution in [-0.2, 0) is 11.3 Å². The first-order valence-electron chi connectivity index (χ1n) is 6.71. The first kappa shape index (κ1) is 13.6. The third-order valence-electron chi connectivity index (χ3n) is 3.11. The minimum Gasteiger partial charge on any atom is -0.486 e. The quantitative estimate of drug-likeness (QED) is 0.876. The zero-order chi connectivity index (χ0) is 14.7. The Morgan fingerprint density at radius 3 is 2.62 bits per heavy atom. The number of hydrogen-bond acceptors (Lipinski definition) is 5. The van der Waals surface area contributed by atoms with E-state index in [2.05, 4.69) is 0 Å². The molecular formula is C16H17NO4. The third-order valence-corrected chi connectivity index (χ3v) is 3.11. The first-order chi connectivity index (χ1) is 10.3. The van der Waals surface area contributed by atoms with Gasteiger partial charge in [-0.25, -0.2) is 0 Å². The summed E-state index contributed by atoms with van der Waals surface area (Å²) in [5, 5.41) is 0. The van der Waals surface area contributed by atoms with Gasteiger partial charge < -0.3 is 24.7 Å². The maximum atomic E-state index is 6.00. The maximum Gasteiger partial charge on any atom is 0.165 e. The molecule has 1 heterocycles. The van der Waals surface area contributed by atoms with Gasteiger partial charge in [-0.15, -0.1) is 0 Å². The lowest BCUT2D eigenvalue weighted by Gasteiger charge is -2.20. The van der Waals surface area contributed by atoms with E-state index in [-0.39, 0.29) is 0 Å². The van der Waals surface area contributed by atoms with E-state index >= 15 is 0 Å². The molecule has 110 valence electrons. The molecule has 5 nitrogen and oxygen atoms in total. The Kier molecular flexibility index (Phi) is 3.83. The van der Waals surface area contributed by atoms with Gasteiger partial charge in [0.05, 0.1) is 12.3 Å². The van der Waals surface area contributed by atoms with Gasteiger partial charge in [-0.3, -0.25) is 0 Å².